The predicted molar refractivity (Wildman–Crippen MR) is 81.7 cm³/mol. The third-order valence-corrected chi connectivity index (χ3v) is 4.53. The normalized spacial score (nSPS) is 18.8. The van der Waals surface area contributed by atoms with Crippen LogP contribution in [0.25, 0.3) is 0 Å². The summed E-state index contributed by atoms with van der Waals surface area (Å²) in [4.78, 5) is 11.8. The fourth-order valence-electron chi connectivity index (χ4n) is 2.23. The summed E-state index contributed by atoms with van der Waals surface area (Å²) in [5, 5.41) is 6.33. The molecule has 1 amide bonds. The van der Waals surface area contributed by atoms with Gasteiger partial charge in [0.2, 0.25) is 0 Å². The summed E-state index contributed by atoms with van der Waals surface area (Å²) < 4.78 is 13.0. The SMILES string of the molecule is O=C(NCCCNC1CCCSC1)c1cccc(F)c1. The van der Waals surface area contributed by atoms with Crippen molar-refractivity contribution < 1.29 is 9.18 Å². The molecule has 0 aliphatic carbocycles. The molecule has 1 unspecified atom stereocenters. The number of amides is 1. The molecule has 110 valence electrons. The number of rotatable bonds is 6. The van der Waals surface area contributed by atoms with Crippen molar-refractivity contribution in [2.45, 2.75) is 25.3 Å². The third kappa shape index (κ3) is 5.13. The molecule has 1 heterocycles. The molecule has 1 fully saturated rings. The maximum atomic E-state index is 13.0. The summed E-state index contributed by atoms with van der Waals surface area (Å²) in [6.07, 6.45) is 3.43. The lowest BCUT2D eigenvalue weighted by molar-refractivity contribution is 0.0952. The Morgan fingerprint density at radius 1 is 1.40 bits per heavy atom. The molecule has 1 saturated heterocycles. The lowest BCUT2D eigenvalue weighted by Crippen LogP contribution is -2.36. The van der Waals surface area contributed by atoms with Gasteiger partial charge in [0.05, 0.1) is 0 Å². The summed E-state index contributed by atoms with van der Waals surface area (Å²) in [7, 11) is 0. The number of hydrogen-bond acceptors (Lipinski definition) is 3. The molecular weight excluding hydrogens is 275 g/mol. The quantitative estimate of drug-likeness (QED) is 0.792. The van der Waals surface area contributed by atoms with Crippen LogP contribution in [0.3, 0.4) is 0 Å². The molecule has 2 N–H and O–H groups in total. The van der Waals surface area contributed by atoms with Crippen LogP contribution in [0.5, 0.6) is 0 Å². The number of carbonyl (C=O) groups is 1. The zero-order valence-electron chi connectivity index (χ0n) is 11.5. The van der Waals surface area contributed by atoms with Crippen LogP contribution < -0.4 is 10.6 Å². The molecule has 1 aromatic carbocycles. The van der Waals surface area contributed by atoms with Gasteiger partial charge in [0.25, 0.3) is 5.91 Å². The highest BCUT2D eigenvalue weighted by Crippen LogP contribution is 2.16. The zero-order chi connectivity index (χ0) is 14.2. The molecule has 3 nitrogen and oxygen atoms in total. The molecule has 20 heavy (non-hydrogen) atoms. The van der Waals surface area contributed by atoms with E-state index in [0.717, 1.165) is 13.0 Å². The van der Waals surface area contributed by atoms with E-state index in [1.54, 1.807) is 12.1 Å². The van der Waals surface area contributed by atoms with Crippen LogP contribution in [-0.2, 0) is 0 Å². The highest BCUT2D eigenvalue weighted by atomic mass is 32.2. The Kier molecular flexibility index (Phi) is 6.33. The standard InChI is InChI=1S/C15H21FN2OS/c16-13-5-1-4-12(10-13)15(19)18-8-3-7-17-14-6-2-9-20-11-14/h1,4-5,10,14,17H,2-3,6-9,11H2,(H,18,19). The number of carbonyl (C=O) groups excluding carboxylic acids is 1. The van der Waals surface area contributed by atoms with Crippen molar-refractivity contribution in [2.24, 2.45) is 0 Å². The minimum Gasteiger partial charge on any atom is -0.352 e. The molecule has 0 spiro atoms. The molecule has 5 heteroatoms. The van der Waals surface area contributed by atoms with Crippen LogP contribution in [-0.4, -0.2) is 36.5 Å². The van der Waals surface area contributed by atoms with Crippen LogP contribution in [0.2, 0.25) is 0 Å². The average molecular weight is 296 g/mol. The van der Waals surface area contributed by atoms with E-state index in [1.165, 1.54) is 36.5 Å². The number of halogens is 1. The van der Waals surface area contributed by atoms with E-state index in [2.05, 4.69) is 10.6 Å². The first kappa shape index (κ1) is 15.3. The van der Waals surface area contributed by atoms with Gasteiger partial charge in [0.15, 0.2) is 0 Å². The van der Waals surface area contributed by atoms with Gasteiger partial charge in [-0.15, -0.1) is 0 Å². The molecule has 0 aromatic heterocycles. The number of thioether (sulfide) groups is 1. The monoisotopic (exact) mass is 296 g/mol. The molecule has 0 radical (unpaired) electrons. The molecule has 1 aliphatic rings. The van der Waals surface area contributed by atoms with E-state index in [1.807, 2.05) is 11.8 Å². The van der Waals surface area contributed by atoms with Crippen LogP contribution in [0.4, 0.5) is 4.39 Å². The van der Waals surface area contributed by atoms with E-state index in [-0.39, 0.29) is 11.7 Å². The first-order valence-corrected chi connectivity index (χ1v) is 8.26. The fourth-order valence-corrected chi connectivity index (χ4v) is 3.34. The van der Waals surface area contributed by atoms with Gasteiger partial charge in [-0.25, -0.2) is 4.39 Å². The highest BCUT2D eigenvalue weighted by Gasteiger charge is 2.12. The van der Waals surface area contributed by atoms with Crippen molar-refractivity contribution >= 4 is 17.7 Å². The van der Waals surface area contributed by atoms with Gasteiger partial charge in [-0.3, -0.25) is 4.79 Å². The Labute approximate surface area is 123 Å². The van der Waals surface area contributed by atoms with Crippen molar-refractivity contribution in [1.82, 2.24) is 10.6 Å². The Morgan fingerprint density at radius 2 is 2.30 bits per heavy atom. The Hall–Kier alpha value is -1.07. The summed E-state index contributed by atoms with van der Waals surface area (Å²) in [5.41, 5.74) is 0.377. The van der Waals surface area contributed by atoms with Crippen LogP contribution in [0, 0.1) is 5.82 Å². The number of nitrogens with one attached hydrogen (secondary N) is 2. The van der Waals surface area contributed by atoms with Crippen molar-refractivity contribution in [2.75, 3.05) is 24.6 Å². The first-order valence-electron chi connectivity index (χ1n) is 7.10. The smallest absolute Gasteiger partial charge is 0.251 e. The summed E-state index contributed by atoms with van der Waals surface area (Å²) >= 11 is 2.00. The number of hydrogen-bond donors (Lipinski definition) is 2. The second-order valence-corrected chi connectivity index (χ2v) is 6.14. The summed E-state index contributed by atoms with van der Waals surface area (Å²) in [5.74, 6) is 1.88. The van der Waals surface area contributed by atoms with E-state index in [0.29, 0.717) is 18.2 Å². The van der Waals surface area contributed by atoms with Crippen LogP contribution in [0.15, 0.2) is 24.3 Å². The van der Waals surface area contributed by atoms with Gasteiger partial charge in [0.1, 0.15) is 5.82 Å². The van der Waals surface area contributed by atoms with Gasteiger partial charge in [0, 0.05) is 23.9 Å². The molecule has 0 saturated carbocycles. The van der Waals surface area contributed by atoms with Crippen LogP contribution in [0.1, 0.15) is 29.6 Å². The molecule has 1 aromatic rings. The van der Waals surface area contributed by atoms with Gasteiger partial charge < -0.3 is 10.6 Å². The van der Waals surface area contributed by atoms with Crippen molar-refractivity contribution in [3.8, 4) is 0 Å². The van der Waals surface area contributed by atoms with Gasteiger partial charge >= 0.3 is 0 Å². The Morgan fingerprint density at radius 3 is 3.05 bits per heavy atom. The molecule has 1 aliphatic heterocycles. The predicted octanol–water partition coefficient (Wildman–Crippen LogP) is 2.43. The topological polar surface area (TPSA) is 41.1 Å². The maximum absolute atomic E-state index is 13.0. The zero-order valence-corrected chi connectivity index (χ0v) is 12.3. The lowest BCUT2D eigenvalue weighted by atomic mass is 10.2. The fraction of sp³-hybridized carbons (Fsp3) is 0.533. The second-order valence-electron chi connectivity index (χ2n) is 4.99. The number of benzene rings is 1. The van der Waals surface area contributed by atoms with E-state index in [9.17, 15) is 9.18 Å². The molecule has 2 rings (SSSR count). The van der Waals surface area contributed by atoms with Crippen molar-refractivity contribution in [3.63, 3.8) is 0 Å². The Balaban J connectivity index is 1.59. The van der Waals surface area contributed by atoms with Crippen molar-refractivity contribution in [1.29, 1.82) is 0 Å². The first-order chi connectivity index (χ1) is 9.75. The molecular formula is C15H21FN2OS. The minimum absolute atomic E-state index is 0.210. The molecule has 0 bridgehead atoms. The second kappa shape index (κ2) is 8.27. The highest BCUT2D eigenvalue weighted by molar-refractivity contribution is 7.99. The maximum Gasteiger partial charge on any atom is 0.251 e. The van der Waals surface area contributed by atoms with E-state index >= 15 is 0 Å². The Bertz CT molecular complexity index is 436. The summed E-state index contributed by atoms with van der Waals surface area (Å²) in [6.45, 7) is 1.52. The van der Waals surface area contributed by atoms with E-state index < -0.39 is 0 Å². The van der Waals surface area contributed by atoms with Gasteiger partial charge in [-0.05, 0) is 49.8 Å². The molecule has 1 atom stereocenters. The van der Waals surface area contributed by atoms with Crippen LogP contribution >= 0.6 is 11.8 Å². The average Bonchev–Trinajstić information content (AvgIpc) is 2.48. The van der Waals surface area contributed by atoms with Gasteiger partial charge in [-0.2, -0.15) is 11.8 Å². The van der Waals surface area contributed by atoms with E-state index in [4.69, 9.17) is 0 Å². The van der Waals surface area contributed by atoms with Crippen molar-refractivity contribution in [3.05, 3.63) is 35.6 Å². The lowest BCUT2D eigenvalue weighted by Gasteiger charge is -2.22. The third-order valence-electron chi connectivity index (χ3n) is 3.32. The minimum atomic E-state index is -0.380. The largest absolute Gasteiger partial charge is 0.352 e. The van der Waals surface area contributed by atoms with Gasteiger partial charge in [-0.1, -0.05) is 6.07 Å². The summed E-state index contributed by atoms with van der Waals surface area (Å²) in [6, 6.07) is 6.38.